The van der Waals surface area contributed by atoms with Gasteiger partial charge in [0.25, 0.3) is 0 Å². The fraction of sp³-hybridized carbons (Fsp3) is 0.857. The molecule has 13 heavy (non-hydrogen) atoms. The Hall–Kier alpha value is -1.17. The summed E-state index contributed by atoms with van der Waals surface area (Å²) in [5, 5.41) is 11.0. The number of rotatable bonds is 4. The number of nitrogens with two attached hydrogens (primary N) is 1. The van der Waals surface area contributed by atoms with Gasteiger partial charge in [0.1, 0.15) is 6.17 Å². The smallest absolute Gasteiger partial charge is 0.241 e. The van der Waals surface area contributed by atoms with E-state index in [2.05, 4.69) is 34.3 Å². The van der Waals surface area contributed by atoms with Gasteiger partial charge >= 0.3 is 0 Å². The number of anilines is 1. The van der Waals surface area contributed by atoms with Crippen LogP contribution in [0.5, 0.6) is 0 Å². The molecule has 0 aliphatic carbocycles. The summed E-state index contributed by atoms with van der Waals surface area (Å²) in [6.45, 7) is 8.13. The van der Waals surface area contributed by atoms with Gasteiger partial charge in [-0.15, -0.1) is 0 Å². The first kappa shape index (κ1) is 9.91. The topological polar surface area (TPSA) is 72.9 Å². The number of nitrogens with zero attached hydrogens (tertiary/aromatic N) is 5. The molecule has 0 amide bonds. The van der Waals surface area contributed by atoms with Crippen LogP contribution in [0.15, 0.2) is 0 Å². The highest BCUT2D eigenvalue weighted by Gasteiger charge is 2.15. The maximum Gasteiger partial charge on any atom is 0.241 e. The van der Waals surface area contributed by atoms with Crippen molar-refractivity contribution < 1.29 is 0 Å². The van der Waals surface area contributed by atoms with Gasteiger partial charge in [-0.1, -0.05) is 18.9 Å². The number of hydrogen-bond acceptors (Lipinski definition) is 5. The maximum absolute atomic E-state index is 5.59. The zero-order chi connectivity index (χ0) is 9.84. The number of hydrogen-bond donors (Lipinski definition) is 1. The Kier molecular flexibility index (Phi) is 3.18. The van der Waals surface area contributed by atoms with Crippen molar-refractivity contribution in [1.29, 1.82) is 0 Å². The molecule has 1 aromatic rings. The molecular weight excluding hydrogens is 168 g/mol. The van der Waals surface area contributed by atoms with Crippen molar-refractivity contribution in [2.75, 3.05) is 18.8 Å². The van der Waals surface area contributed by atoms with Gasteiger partial charge < -0.3 is 5.73 Å². The van der Waals surface area contributed by atoms with Gasteiger partial charge in [0, 0.05) is 0 Å². The Morgan fingerprint density at radius 2 is 2.08 bits per heavy atom. The summed E-state index contributed by atoms with van der Waals surface area (Å²) in [6.07, 6.45) is 0.116. The van der Waals surface area contributed by atoms with Gasteiger partial charge in [-0.05, 0) is 30.4 Å². The average molecular weight is 184 g/mol. The summed E-state index contributed by atoms with van der Waals surface area (Å²) in [4.78, 5) is 2.22. The van der Waals surface area contributed by atoms with Crippen LogP contribution < -0.4 is 5.73 Å². The Bertz CT molecular complexity index is 253. The van der Waals surface area contributed by atoms with E-state index in [4.69, 9.17) is 5.73 Å². The van der Waals surface area contributed by atoms with Crippen molar-refractivity contribution in [2.24, 2.45) is 0 Å². The number of aromatic nitrogens is 4. The van der Waals surface area contributed by atoms with Gasteiger partial charge in [-0.2, -0.15) is 4.68 Å². The van der Waals surface area contributed by atoms with Crippen LogP contribution in [0.3, 0.4) is 0 Å². The molecule has 1 atom stereocenters. The van der Waals surface area contributed by atoms with Crippen LogP contribution in [0.4, 0.5) is 5.95 Å². The molecule has 74 valence electrons. The third-order valence-electron chi connectivity index (χ3n) is 2.21. The highest BCUT2D eigenvalue weighted by molar-refractivity contribution is 5.10. The zero-order valence-electron chi connectivity index (χ0n) is 8.30. The number of nitrogen functional groups attached to an aromatic ring is 1. The first-order valence-corrected chi connectivity index (χ1v) is 4.48. The van der Waals surface area contributed by atoms with Crippen LogP contribution in [0.25, 0.3) is 0 Å². The van der Waals surface area contributed by atoms with Crippen LogP contribution in [0, 0.1) is 0 Å². The lowest BCUT2D eigenvalue weighted by molar-refractivity contribution is 0.159. The van der Waals surface area contributed by atoms with Crippen LogP contribution in [-0.2, 0) is 0 Å². The van der Waals surface area contributed by atoms with Crippen LogP contribution in [0.1, 0.15) is 26.9 Å². The molecule has 0 aromatic carbocycles. The minimum atomic E-state index is 0.116. The maximum atomic E-state index is 5.59. The number of tetrazole rings is 1. The van der Waals surface area contributed by atoms with E-state index >= 15 is 0 Å². The van der Waals surface area contributed by atoms with E-state index in [1.54, 1.807) is 4.68 Å². The van der Waals surface area contributed by atoms with Crippen molar-refractivity contribution in [3.05, 3.63) is 0 Å². The predicted octanol–water partition coefficient (Wildman–Crippen LogP) is 0.116. The Labute approximate surface area is 77.7 Å². The van der Waals surface area contributed by atoms with E-state index in [0.717, 1.165) is 13.1 Å². The molecule has 6 heteroatoms. The summed E-state index contributed by atoms with van der Waals surface area (Å²) >= 11 is 0. The van der Waals surface area contributed by atoms with Crippen molar-refractivity contribution >= 4 is 5.95 Å². The Balaban J connectivity index is 2.77. The molecular formula is C7H16N6. The largest absolute Gasteiger partial charge is 0.367 e. The SMILES string of the molecule is CCN(CC)C(C)n1nnnc1N. The molecule has 0 aliphatic heterocycles. The average Bonchev–Trinajstić information content (AvgIpc) is 2.53. The molecule has 0 radical (unpaired) electrons. The fourth-order valence-electron chi connectivity index (χ4n) is 1.37. The van der Waals surface area contributed by atoms with E-state index in [1.165, 1.54) is 0 Å². The van der Waals surface area contributed by atoms with E-state index in [1.807, 2.05) is 6.92 Å². The molecule has 0 saturated heterocycles. The standard InChI is InChI=1S/C7H16N6/c1-4-12(5-2)6(3)13-7(8)9-10-11-13/h6H,4-5H2,1-3H3,(H2,8,9,11). The van der Waals surface area contributed by atoms with Gasteiger partial charge in [0.05, 0.1) is 0 Å². The quantitative estimate of drug-likeness (QED) is 0.719. The highest BCUT2D eigenvalue weighted by atomic mass is 15.6. The van der Waals surface area contributed by atoms with E-state index in [-0.39, 0.29) is 6.17 Å². The second-order valence-corrected chi connectivity index (χ2v) is 2.83. The molecule has 0 spiro atoms. The molecule has 1 heterocycles. The van der Waals surface area contributed by atoms with E-state index in [9.17, 15) is 0 Å². The Morgan fingerprint density at radius 3 is 2.46 bits per heavy atom. The van der Waals surface area contributed by atoms with Gasteiger partial charge in [-0.3, -0.25) is 4.90 Å². The lowest BCUT2D eigenvalue weighted by atomic mass is 10.4. The highest BCUT2D eigenvalue weighted by Crippen LogP contribution is 2.11. The second-order valence-electron chi connectivity index (χ2n) is 2.83. The third-order valence-corrected chi connectivity index (χ3v) is 2.21. The predicted molar refractivity (Wildman–Crippen MR) is 49.9 cm³/mol. The lowest BCUT2D eigenvalue weighted by Gasteiger charge is -2.25. The lowest BCUT2D eigenvalue weighted by Crippen LogP contribution is -2.31. The van der Waals surface area contributed by atoms with Crippen molar-refractivity contribution in [2.45, 2.75) is 26.9 Å². The first-order valence-electron chi connectivity index (χ1n) is 4.48. The van der Waals surface area contributed by atoms with Crippen LogP contribution in [-0.4, -0.2) is 38.2 Å². The normalized spacial score (nSPS) is 13.5. The van der Waals surface area contributed by atoms with Crippen LogP contribution >= 0.6 is 0 Å². The molecule has 1 rings (SSSR count). The summed E-state index contributed by atoms with van der Waals surface area (Å²) in [6, 6.07) is 0. The molecule has 6 nitrogen and oxygen atoms in total. The van der Waals surface area contributed by atoms with Crippen molar-refractivity contribution in [1.82, 2.24) is 25.1 Å². The molecule has 0 fully saturated rings. The van der Waals surface area contributed by atoms with Gasteiger partial charge in [-0.25, -0.2) is 0 Å². The molecule has 1 aromatic heterocycles. The molecule has 0 bridgehead atoms. The van der Waals surface area contributed by atoms with Crippen molar-refractivity contribution in [3.63, 3.8) is 0 Å². The van der Waals surface area contributed by atoms with Crippen LogP contribution in [0.2, 0.25) is 0 Å². The zero-order valence-corrected chi connectivity index (χ0v) is 8.30. The molecule has 1 unspecified atom stereocenters. The Morgan fingerprint density at radius 1 is 1.46 bits per heavy atom. The summed E-state index contributed by atoms with van der Waals surface area (Å²) in [7, 11) is 0. The molecule has 0 saturated carbocycles. The second kappa shape index (κ2) is 4.18. The van der Waals surface area contributed by atoms with Gasteiger partial charge in [0.2, 0.25) is 5.95 Å². The minimum absolute atomic E-state index is 0.116. The van der Waals surface area contributed by atoms with Crippen molar-refractivity contribution in [3.8, 4) is 0 Å². The summed E-state index contributed by atoms with van der Waals surface area (Å²) < 4.78 is 1.62. The monoisotopic (exact) mass is 184 g/mol. The van der Waals surface area contributed by atoms with Gasteiger partial charge in [0.15, 0.2) is 0 Å². The van der Waals surface area contributed by atoms with E-state index in [0.29, 0.717) is 5.95 Å². The summed E-state index contributed by atoms with van der Waals surface area (Å²) in [5.41, 5.74) is 5.59. The summed E-state index contributed by atoms with van der Waals surface area (Å²) in [5.74, 6) is 0.361. The fourth-order valence-corrected chi connectivity index (χ4v) is 1.37. The van der Waals surface area contributed by atoms with E-state index < -0.39 is 0 Å². The minimum Gasteiger partial charge on any atom is -0.367 e. The third kappa shape index (κ3) is 1.95. The molecule has 2 N–H and O–H groups in total. The first-order chi connectivity index (χ1) is 6.20. The molecule has 0 aliphatic rings.